The number of thiophene rings is 1. The van der Waals surface area contributed by atoms with E-state index in [1.165, 1.54) is 27.3 Å². The van der Waals surface area contributed by atoms with E-state index in [4.69, 9.17) is 0 Å². The van der Waals surface area contributed by atoms with Gasteiger partial charge in [0.1, 0.15) is 0 Å². The Hall–Kier alpha value is -1.08. The molecule has 0 spiro atoms. The number of rotatable bonds is 3. The number of benzene rings is 1. The molecule has 0 aliphatic carbocycles. The Morgan fingerprint density at radius 2 is 1.87 bits per heavy atom. The van der Waals surface area contributed by atoms with Crippen molar-refractivity contribution in [1.29, 1.82) is 0 Å². The van der Waals surface area contributed by atoms with Crippen LogP contribution < -0.4 is 0 Å². The van der Waals surface area contributed by atoms with Gasteiger partial charge in [-0.1, -0.05) is 29.8 Å². The zero-order valence-electron chi connectivity index (χ0n) is 9.29. The molecule has 15 heavy (non-hydrogen) atoms. The summed E-state index contributed by atoms with van der Waals surface area (Å²) in [7, 11) is 0. The summed E-state index contributed by atoms with van der Waals surface area (Å²) in [4.78, 5) is 2.91. The zero-order valence-corrected chi connectivity index (χ0v) is 10.1. The van der Waals surface area contributed by atoms with Crippen molar-refractivity contribution in [3.63, 3.8) is 0 Å². The van der Waals surface area contributed by atoms with Crippen molar-refractivity contribution in [3.8, 4) is 0 Å². The summed E-state index contributed by atoms with van der Waals surface area (Å²) >= 11 is 1.91. The van der Waals surface area contributed by atoms with Gasteiger partial charge in [-0.05, 0) is 44.4 Å². The van der Waals surface area contributed by atoms with Crippen molar-refractivity contribution in [3.05, 3.63) is 57.3 Å². The molecule has 2 rings (SSSR count). The Morgan fingerprint density at radius 1 is 1.00 bits per heavy atom. The van der Waals surface area contributed by atoms with Crippen molar-refractivity contribution >= 4 is 11.3 Å². The number of hydrogen-bond donors (Lipinski definition) is 0. The molecule has 0 atom stereocenters. The van der Waals surface area contributed by atoms with Crippen LogP contribution in [-0.2, 0) is 12.8 Å². The van der Waals surface area contributed by atoms with Crippen molar-refractivity contribution in [1.82, 2.24) is 0 Å². The minimum absolute atomic E-state index is 1.15. The van der Waals surface area contributed by atoms with E-state index in [0.29, 0.717) is 0 Å². The van der Waals surface area contributed by atoms with E-state index < -0.39 is 0 Å². The predicted octanol–water partition coefficient (Wildman–Crippen LogP) is 4.15. The maximum absolute atomic E-state index is 2.28. The molecule has 0 bridgehead atoms. The Morgan fingerprint density at radius 3 is 2.53 bits per heavy atom. The lowest BCUT2D eigenvalue weighted by molar-refractivity contribution is 0.978. The molecule has 2 aromatic rings. The van der Waals surface area contributed by atoms with Crippen LogP contribution in [0.25, 0.3) is 0 Å². The van der Waals surface area contributed by atoms with Crippen molar-refractivity contribution < 1.29 is 0 Å². The maximum Gasteiger partial charge on any atom is 0.00513 e. The molecular formula is C14H16S. The molecule has 0 nitrogen and oxygen atoms in total. The Bertz CT molecular complexity index is 440. The number of hydrogen-bond acceptors (Lipinski definition) is 1. The Balaban J connectivity index is 1.99. The van der Waals surface area contributed by atoms with Crippen LogP contribution in [-0.4, -0.2) is 0 Å². The van der Waals surface area contributed by atoms with Gasteiger partial charge in [-0.15, -0.1) is 11.3 Å². The third-order valence-electron chi connectivity index (χ3n) is 2.54. The normalized spacial score (nSPS) is 10.5. The second-order valence-electron chi connectivity index (χ2n) is 4.00. The van der Waals surface area contributed by atoms with E-state index in [2.05, 4.69) is 50.2 Å². The minimum Gasteiger partial charge on any atom is -0.146 e. The molecule has 0 unspecified atom stereocenters. The molecular weight excluding hydrogens is 200 g/mol. The van der Waals surface area contributed by atoms with Crippen molar-refractivity contribution in [2.75, 3.05) is 0 Å². The molecule has 0 N–H and O–H groups in total. The van der Waals surface area contributed by atoms with E-state index in [-0.39, 0.29) is 0 Å². The Labute approximate surface area is 95.6 Å². The second-order valence-corrected chi connectivity index (χ2v) is 5.37. The topological polar surface area (TPSA) is 0 Å². The van der Waals surface area contributed by atoms with Gasteiger partial charge < -0.3 is 0 Å². The third kappa shape index (κ3) is 2.93. The summed E-state index contributed by atoms with van der Waals surface area (Å²) < 4.78 is 0. The van der Waals surface area contributed by atoms with E-state index in [0.717, 1.165) is 6.42 Å². The molecule has 0 radical (unpaired) electrons. The average molecular weight is 216 g/mol. The SMILES string of the molecule is Cc1cccc(CCc2ccc(C)s2)c1. The van der Waals surface area contributed by atoms with Gasteiger partial charge in [0.15, 0.2) is 0 Å². The highest BCUT2D eigenvalue weighted by atomic mass is 32.1. The summed E-state index contributed by atoms with van der Waals surface area (Å²) in [5, 5.41) is 0. The summed E-state index contributed by atoms with van der Waals surface area (Å²) in [5.41, 5.74) is 2.80. The molecule has 0 saturated carbocycles. The lowest BCUT2D eigenvalue weighted by Gasteiger charge is -2.00. The molecule has 1 aromatic heterocycles. The summed E-state index contributed by atoms with van der Waals surface area (Å²) in [6, 6.07) is 13.2. The molecule has 1 heteroatoms. The maximum atomic E-state index is 2.28. The predicted molar refractivity (Wildman–Crippen MR) is 67.6 cm³/mol. The number of aryl methyl sites for hydroxylation is 4. The fourth-order valence-electron chi connectivity index (χ4n) is 1.75. The van der Waals surface area contributed by atoms with Crippen LogP contribution >= 0.6 is 11.3 Å². The van der Waals surface area contributed by atoms with E-state index >= 15 is 0 Å². The molecule has 0 fully saturated rings. The van der Waals surface area contributed by atoms with E-state index in [1.54, 1.807) is 0 Å². The van der Waals surface area contributed by atoms with Crippen molar-refractivity contribution in [2.24, 2.45) is 0 Å². The van der Waals surface area contributed by atoms with Crippen molar-refractivity contribution in [2.45, 2.75) is 26.7 Å². The minimum atomic E-state index is 1.15. The second kappa shape index (κ2) is 4.63. The van der Waals surface area contributed by atoms with Crippen LogP contribution in [0.4, 0.5) is 0 Å². The van der Waals surface area contributed by atoms with Crippen LogP contribution in [0.15, 0.2) is 36.4 Å². The highest BCUT2D eigenvalue weighted by Gasteiger charge is 1.98. The molecule has 0 aliphatic heterocycles. The van der Waals surface area contributed by atoms with Gasteiger partial charge in [-0.25, -0.2) is 0 Å². The van der Waals surface area contributed by atoms with Gasteiger partial charge in [-0.2, -0.15) is 0 Å². The fourth-order valence-corrected chi connectivity index (χ4v) is 2.64. The molecule has 1 heterocycles. The molecule has 1 aromatic carbocycles. The van der Waals surface area contributed by atoms with E-state index in [9.17, 15) is 0 Å². The van der Waals surface area contributed by atoms with Gasteiger partial charge in [0.05, 0.1) is 0 Å². The van der Waals surface area contributed by atoms with Crippen LogP contribution in [0.5, 0.6) is 0 Å². The summed E-state index contributed by atoms with van der Waals surface area (Å²) in [6.07, 6.45) is 2.32. The highest BCUT2D eigenvalue weighted by molar-refractivity contribution is 7.11. The lowest BCUT2D eigenvalue weighted by Crippen LogP contribution is -1.88. The quantitative estimate of drug-likeness (QED) is 0.723. The van der Waals surface area contributed by atoms with Gasteiger partial charge in [0, 0.05) is 9.75 Å². The molecule has 0 aliphatic rings. The van der Waals surface area contributed by atoms with Gasteiger partial charge in [0.25, 0.3) is 0 Å². The largest absolute Gasteiger partial charge is 0.146 e. The first kappa shape index (κ1) is 10.4. The first-order valence-corrected chi connectivity index (χ1v) is 6.16. The van der Waals surface area contributed by atoms with Gasteiger partial charge in [0.2, 0.25) is 0 Å². The zero-order chi connectivity index (χ0) is 10.7. The Kier molecular flexibility index (Phi) is 3.22. The average Bonchev–Trinajstić information content (AvgIpc) is 2.62. The van der Waals surface area contributed by atoms with Crippen LogP contribution in [0.3, 0.4) is 0 Å². The smallest absolute Gasteiger partial charge is 0.00513 e. The lowest BCUT2D eigenvalue weighted by atomic mass is 10.1. The van der Waals surface area contributed by atoms with Crippen LogP contribution in [0.2, 0.25) is 0 Å². The standard InChI is InChI=1S/C14H16S/c1-11-4-3-5-13(10-11)7-9-14-8-6-12(2)15-14/h3-6,8,10H,7,9H2,1-2H3. The fraction of sp³-hybridized carbons (Fsp3) is 0.286. The van der Waals surface area contributed by atoms with Crippen LogP contribution in [0.1, 0.15) is 20.9 Å². The first-order chi connectivity index (χ1) is 7.24. The summed E-state index contributed by atoms with van der Waals surface area (Å²) in [6.45, 7) is 4.32. The van der Waals surface area contributed by atoms with Gasteiger partial charge in [-0.3, -0.25) is 0 Å². The molecule has 0 saturated heterocycles. The molecule has 78 valence electrons. The van der Waals surface area contributed by atoms with Crippen LogP contribution in [0, 0.1) is 13.8 Å². The van der Waals surface area contributed by atoms with E-state index in [1.807, 2.05) is 11.3 Å². The summed E-state index contributed by atoms with van der Waals surface area (Å²) in [5.74, 6) is 0. The van der Waals surface area contributed by atoms with Gasteiger partial charge >= 0.3 is 0 Å². The monoisotopic (exact) mass is 216 g/mol. The third-order valence-corrected chi connectivity index (χ3v) is 3.60. The first-order valence-electron chi connectivity index (χ1n) is 5.35. The molecule has 0 amide bonds. The highest BCUT2D eigenvalue weighted by Crippen LogP contribution is 2.17.